The number of hydrogen-bond acceptors (Lipinski definition) is 1. The highest BCUT2D eigenvalue weighted by Gasteiger charge is 2.21. The zero-order valence-corrected chi connectivity index (χ0v) is 26.3. The SMILES string of the molecule is [2H]c1c([2H])c([2H])c(-c2cc(-c3c4ccccc4c(-c4cccc5oc6cc(-c7ccccc7)ccc6c45)c4ccccc34)cc3ccccc23)c([2H])c1[2H]. The Kier molecular flexibility index (Phi) is 5.20. The van der Waals surface area contributed by atoms with Gasteiger partial charge in [0.05, 0.1) is 6.85 Å². The summed E-state index contributed by atoms with van der Waals surface area (Å²) in [6, 6.07) is 50.4. The molecule has 1 heterocycles. The largest absolute Gasteiger partial charge is 0.456 e. The van der Waals surface area contributed by atoms with Crippen LogP contribution in [0.1, 0.15) is 6.85 Å². The maximum atomic E-state index is 8.89. The zero-order chi connectivity index (χ0) is 36.7. The summed E-state index contributed by atoms with van der Waals surface area (Å²) in [7, 11) is 0. The lowest BCUT2D eigenvalue weighted by Gasteiger charge is -2.19. The molecule has 0 radical (unpaired) electrons. The Morgan fingerprint density at radius 1 is 0.367 bits per heavy atom. The minimum absolute atomic E-state index is 0.193. The molecule has 1 heteroatoms. The second kappa shape index (κ2) is 11.1. The molecule has 9 aromatic carbocycles. The van der Waals surface area contributed by atoms with Gasteiger partial charge >= 0.3 is 0 Å². The van der Waals surface area contributed by atoms with Gasteiger partial charge in [-0.05, 0) is 107 Å². The average molecular weight is 628 g/mol. The van der Waals surface area contributed by atoms with E-state index < -0.39 is 6.04 Å². The van der Waals surface area contributed by atoms with E-state index in [-0.39, 0.29) is 29.7 Å². The van der Waals surface area contributed by atoms with Crippen LogP contribution in [0.5, 0.6) is 0 Å². The van der Waals surface area contributed by atoms with Gasteiger partial charge in [-0.15, -0.1) is 0 Å². The van der Waals surface area contributed by atoms with Crippen molar-refractivity contribution in [3.8, 4) is 44.5 Å². The second-order valence-corrected chi connectivity index (χ2v) is 12.4. The fourth-order valence-electron chi connectivity index (χ4n) is 7.62. The molecule has 49 heavy (non-hydrogen) atoms. The van der Waals surface area contributed by atoms with Gasteiger partial charge in [0.15, 0.2) is 0 Å². The first-order chi connectivity index (χ1) is 26.4. The fraction of sp³-hybridized carbons (Fsp3) is 0. The van der Waals surface area contributed by atoms with Gasteiger partial charge in [-0.1, -0.05) is 152 Å². The molecule has 0 saturated heterocycles. The van der Waals surface area contributed by atoms with E-state index in [4.69, 9.17) is 11.3 Å². The van der Waals surface area contributed by atoms with Crippen LogP contribution in [0.2, 0.25) is 0 Å². The Morgan fingerprint density at radius 2 is 1.02 bits per heavy atom. The zero-order valence-electron chi connectivity index (χ0n) is 31.3. The van der Waals surface area contributed by atoms with E-state index in [0.29, 0.717) is 5.56 Å². The van der Waals surface area contributed by atoms with Crippen LogP contribution < -0.4 is 0 Å². The van der Waals surface area contributed by atoms with Crippen LogP contribution in [0.3, 0.4) is 0 Å². The lowest BCUT2D eigenvalue weighted by Crippen LogP contribution is -1.92. The van der Waals surface area contributed by atoms with Crippen molar-refractivity contribution in [1.29, 1.82) is 0 Å². The van der Waals surface area contributed by atoms with E-state index in [9.17, 15) is 0 Å². The Morgan fingerprint density at radius 3 is 1.76 bits per heavy atom. The number of benzene rings is 9. The molecule has 0 aliphatic carbocycles. The maximum Gasteiger partial charge on any atom is 0.136 e. The molecule has 0 spiro atoms. The molecule has 0 atom stereocenters. The molecule has 10 aromatic rings. The number of rotatable bonds is 4. The van der Waals surface area contributed by atoms with Crippen LogP contribution in [0.25, 0.3) is 98.8 Å². The first-order valence-electron chi connectivity index (χ1n) is 18.9. The molecule has 0 amide bonds. The summed E-state index contributed by atoms with van der Waals surface area (Å²) in [4.78, 5) is 0. The highest BCUT2D eigenvalue weighted by atomic mass is 16.3. The summed E-state index contributed by atoms with van der Waals surface area (Å²) in [6.07, 6.45) is 0. The molecular formula is C48H30O. The van der Waals surface area contributed by atoms with Gasteiger partial charge in [0.1, 0.15) is 11.2 Å². The Hall–Kier alpha value is -6.44. The predicted octanol–water partition coefficient (Wildman–Crippen LogP) is 13.7. The van der Waals surface area contributed by atoms with E-state index in [0.717, 1.165) is 87.6 Å². The molecule has 0 unspecified atom stereocenters. The van der Waals surface area contributed by atoms with E-state index in [1.165, 1.54) is 0 Å². The lowest BCUT2D eigenvalue weighted by molar-refractivity contribution is 0.669. The van der Waals surface area contributed by atoms with Crippen molar-refractivity contribution in [3.63, 3.8) is 0 Å². The molecule has 0 aliphatic heterocycles. The molecule has 0 saturated carbocycles. The van der Waals surface area contributed by atoms with E-state index in [1.54, 1.807) is 0 Å². The summed E-state index contributed by atoms with van der Waals surface area (Å²) in [5, 5.41) is 8.09. The maximum absolute atomic E-state index is 8.89. The lowest BCUT2D eigenvalue weighted by atomic mass is 9.83. The van der Waals surface area contributed by atoms with Crippen molar-refractivity contribution in [3.05, 3.63) is 182 Å². The minimum Gasteiger partial charge on any atom is -0.456 e. The molecule has 0 fully saturated rings. The predicted molar refractivity (Wildman–Crippen MR) is 208 cm³/mol. The quantitative estimate of drug-likeness (QED) is 0.177. The van der Waals surface area contributed by atoms with E-state index in [2.05, 4.69) is 97.1 Å². The summed E-state index contributed by atoms with van der Waals surface area (Å²) >= 11 is 0. The van der Waals surface area contributed by atoms with Crippen molar-refractivity contribution in [1.82, 2.24) is 0 Å². The minimum atomic E-state index is -0.404. The number of hydrogen-bond donors (Lipinski definition) is 0. The molecule has 1 nitrogen and oxygen atoms in total. The highest BCUT2D eigenvalue weighted by molar-refractivity contribution is 6.26. The van der Waals surface area contributed by atoms with Crippen LogP contribution in [0, 0.1) is 0 Å². The van der Waals surface area contributed by atoms with Crippen molar-refractivity contribution in [2.24, 2.45) is 0 Å². The van der Waals surface area contributed by atoms with Crippen molar-refractivity contribution in [2.75, 3.05) is 0 Å². The summed E-state index contributed by atoms with van der Waals surface area (Å²) < 4.78 is 49.5. The van der Waals surface area contributed by atoms with E-state index in [1.807, 2.05) is 54.6 Å². The van der Waals surface area contributed by atoms with E-state index >= 15 is 0 Å². The summed E-state index contributed by atoms with van der Waals surface area (Å²) in [5.41, 5.74) is 8.78. The molecule has 0 bridgehead atoms. The highest BCUT2D eigenvalue weighted by Crippen LogP contribution is 2.48. The van der Waals surface area contributed by atoms with Crippen LogP contribution in [-0.2, 0) is 0 Å². The van der Waals surface area contributed by atoms with Crippen molar-refractivity contribution >= 4 is 54.3 Å². The van der Waals surface area contributed by atoms with Gasteiger partial charge in [-0.3, -0.25) is 0 Å². The van der Waals surface area contributed by atoms with Gasteiger partial charge in [0.2, 0.25) is 0 Å². The van der Waals surface area contributed by atoms with Gasteiger partial charge < -0.3 is 4.42 Å². The fourth-order valence-corrected chi connectivity index (χ4v) is 7.62. The van der Waals surface area contributed by atoms with Gasteiger partial charge in [0, 0.05) is 10.8 Å². The smallest absolute Gasteiger partial charge is 0.136 e. The molecular weight excluding hydrogens is 593 g/mol. The van der Waals surface area contributed by atoms with Gasteiger partial charge in [-0.25, -0.2) is 0 Å². The van der Waals surface area contributed by atoms with Crippen LogP contribution in [-0.4, -0.2) is 0 Å². The first kappa shape index (κ1) is 23.0. The van der Waals surface area contributed by atoms with Crippen molar-refractivity contribution < 1.29 is 11.3 Å². The molecule has 10 rings (SSSR count). The Bertz CT molecular complexity index is 3080. The normalized spacial score (nSPS) is 13.1. The molecule has 0 N–H and O–H groups in total. The van der Waals surface area contributed by atoms with Crippen LogP contribution in [0.4, 0.5) is 0 Å². The Labute approximate surface area is 291 Å². The molecule has 228 valence electrons. The second-order valence-electron chi connectivity index (χ2n) is 12.4. The average Bonchev–Trinajstić information content (AvgIpc) is 3.60. The number of fused-ring (bicyclic) bond motifs is 6. The molecule has 0 aliphatic rings. The first-order valence-corrected chi connectivity index (χ1v) is 16.4. The van der Waals surface area contributed by atoms with Crippen molar-refractivity contribution in [2.45, 2.75) is 0 Å². The molecule has 1 aromatic heterocycles. The topological polar surface area (TPSA) is 13.1 Å². The third kappa shape index (κ3) is 4.40. The van der Waals surface area contributed by atoms with Gasteiger partial charge in [-0.2, -0.15) is 0 Å². The van der Waals surface area contributed by atoms with Crippen LogP contribution in [0.15, 0.2) is 186 Å². The van der Waals surface area contributed by atoms with Gasteiger partial charge in [0.25, 0.3) is 0 Å². The summed E-state index contributed by atoms with van der Waals surface area (Å²) in [6.45, 7) is 0. The standard InChI is InChI=1S/C48H30O/c1-3-14-31(15-4-1)33-26-27-41-45(30-33)49-44-25-13-24-42(48(41)44)47-39-22-11-9-20-37(39)46(38-21-10-12-23-40(38)47)35-28-34-18-7-8-19-36(34)43(29-35)32-16-5-2-6-17-32/h1-30H/i2D,5D,6D,16D,17D. The third-order valence-corrected chi connectivity index (χ3v) is 9.72. The third-order valence-electron chi connectivity index (χ3n) is 9.72. The Balaban J connectivity index is 1.28. The van der Waals surface area contributed by atoms with Crippen LogP contribution >= 0.6 is 0 Å². The number of furan rings is 1. The summed E-state index contributed by atoms with van der Waals surface area (Å²) in [5.74, 6) is 0. The monoisotopic (exact) mass is 627 g/mol.